The number of aryl methyl sites for hydroxylation is 1. The van der Waals surface area contributed by atoms with E-state index in [1.165, 1.54) is 0 Å². The number of carbonyl (C=O) groups is 3. The summed E-state index contributed by atoms with van der Waals surface area (Å²) in [7, 11) is 0. The van der Waals surface area contributed by atoms with Crippen LogP contribution in [0.25, 0.3) is 0 Å². The summed E-state index contributed by atoms with van der Waals surface area (Å²) in [5.74, 6) is -0.599. The zero-order valence-corrected chi connectivity index (χ0v) is 18.5. The number of hydrogen-bond acceptors (Lipinski definition) is 6. The van der Waals surface area contributed by atoms with Gasteiger partial charge in [-0.25, -0.2) is 0 Å². The SMILES string of the molecule is Cc1ccc(C(=O)NC(=S)N2CCNC(=O)C2CC(=O)OCCOc2ccccc2)cc1. The molecule has 2 aromatic rings. The number of piperazine rings is 1. The summed E-state index contributed by atoms with van der Waals surface area (Å²) in [6.45, 7) is 2.90. The van der Waals surface area contributed by atoms with Gasteiger partial charge in [0.25, 0.3) is 5.91 Å². The highest BCUT2D eigenvalue weighted by molar-refractivity contribution is 7.80. The molecule has 2 N–H and O–H groups in total. The van der Waals surface area contributed by atoms with Crippen LogP contribution in [0.4, 0.5) is 0 Å². The number of thiocarbonyl (C=S) groups is 1. The molecule has 1 saturated heterocycles. The van der Waals surface area contributed by atoms with Crippen molar-refractivity contribution < 1.29 is 23.9 Å². The van der Waals surface area contributed by atoms with Gasteiger partial charge in [0, 0.05) is 18.7 Å². The average molecular weight is 456 g/mol. The van der Waals surface area contributed by atoms with E-state index in [0.717, 1.165) is 5.56 Å². The molecule has 1 atom stereocenters. The van der Waals surface area contributed by atoms with Gasteiger partial charge in [-0.05, 0) is 43.4 Å². The third-order valence-electron chi connectivity index (χ3n) is 4.84. The molecule has 1 unspecified atom stereocenters. The van der Waals surface area contributed by atoms with Gasteiger partial charge in [-0.3, -0.25) is 19.7 Å². The number of nitrogens with one attached hydrogen (secondary N) is 2. The number of hydrogen-bond donors (Lipinski definition) is 2. The lowest BCUT2D eigenvalue weighted by molar-refractivity contribution is -0.148. The molecule has 2 aromatic carbocycles. The molecule has 1 heterocycles. The maximum Gasteiger partial charge on any atom is 0.308 e. The van der Waals surface area contributed by atoms with E-state index in [0.29, 0.717) is 24.4 Å². The number of ether oxygens (including phenoxy) is 2. The summed E-state index contributed by atoms with van der Waals surface area (Å²) in [6.07, 6.45) is -0.197. The molecule has 0 aliphatic carbocycles. The van der Waals surface area contributed by atoms with Crippen LogP contribution in [0.15, 0.2) is 54.6 Å². The summed E-state index contributed by atoms with van der Waals surface area (Å²) < 4.78 is 10.7. The molecule has 8 nitrogen and oxygen atoms in total. The molecule has 3 rings (SSSR count). The first-order valence-electron chi connectivity index (χ1n) is 10.2. The van der Waals surface area contributed by atoms with Gasteiger partial charge in [0.1, 0.15) is 25.0 Å². The van der Waals surface area contributed by atoms with Crippen LogP contribution in [-0.2, 0) is 14.3 Å². The topological polar surface area (TPSA) is 97.0 Å². The maximum atomic E-state index is 12.5. The number of para-hydroxylation sites is 1. The van der Waals surface area contributed by atoms with Crippen molar-refractivity contribution in [2.75, 3.05) is 26.3 Å². The van der Waals surface area contributed by atoms with Gasteiger partial charge in [-0.1, -0.05) is 35.9 Å². The largest absolute Gasteiger partial charge is 0.490 e. The fourth-order valence-corrected chi connectivity index (χ4v) is 3.47. The van der Waals surface area contributed by atoms with Gasteiger partial charge >= 0.3 is 5.97 Å². The van der Waals surface area contributed by atoms with Crippen molar-refractivity contribution in [2.24, 2.45) is 0 Å². The van der Waals surface area contributed by atoms with Crippen molar-refractivity contribution in [3.8, 4) is 5.75 Å². The van der Waals surface area contributed by atoms with E-state index in [9.17, 15) is 14.4 Å². The lowest BCUT2D eigenvalue weighted by Crippen LogP contribution is -2.60. The second kappa shape index (κ2) is 11.2. The third kappa shape index (κ3) is 6.52. The van der Waals surface area contributed by atoms with Crippen molar-refractivity contribution in [1.82, 2.24) is 15.5 Å². The van der Waals surface area contributed by atoms with E-state index >= 15 is 0 Å². The summed E-state index contributed by atoms with van der Waals surface area (Å²) in [5, 5.41) is 5.46. The van der Waals surface area contributed by atoms with E-state index in [-0.39, 0.29) is 36.6 Å². The predicted molar refractivity (Wildman–Crippen MR) is 122 cm³/mol. The highest BCUT2D eigenvalue weighted by Gasteiger charge is 2.34. The minimum absolute atomic E-state index is 0.0523. The van der Waals surface area contributed by atoms with Crippen LogP contribution in [0.1, 0.15) is 22.3 Å². The molecule has 168 valence electrons. The van der Waals surface area contributed by atoms with Crippen LogP contribution in [0, 0.1) is 6.92 Å². The Morgan fingerprint density at radius 1 is 1.12 bits per heavy atom. The molecule has 0 aromatic heterocycles. The number of esters is 1. The summed E-state index contributed by atoms with van der Waals surface area (Å²) in [4.78, 5) is 38.7. The lowest BCUT2D eigenvalue weighted by Gasteiger charge is -2.36. The monoisotopic (exact) mass is 455 g/mol. The molecule has 1 fully saturated rings. The Morgan fingerprint density at radius 2 is 1.84 bits per heavy atom. The number of benzene rings is 2. The molecule has 1 aliphatic heterocycles. The van der Waals surface area contributed by atoms with Gasteiger partial charge in [0.05, 0.1) is 6.42 Å². The second-order valence-electron chi connectivity index (χ2n) is 7.21. The van der Waals surface area contributed by atoms with Crippen LogP contribution in [0.2, 0.25) is 0 Å². The molecular weight excluding hydrogens is 430 g/mol. The van der Waals surface area contributed by atoms with Gasteiger partial charge in [0.15, 0.2) is 5.11 Å². The lowest BCUT2D eigenvalue weighted by atomic mass is 10.1. The highest BCUT2D eigenvalue weighted by atomic mass is 32.1. The van der Waals surface area contributed by atoms with Gasteiger partial charge in [-0.15, -0.1) is 0 Å². The molecule has 0 spiro atoms. The van der Waals surface area contributed by atoms with Crippen LogP contribution in [0.5, 0.6) is 5.75 Å². The van der Waals surface area contributed by atoms with Crippen molar-refractivity contribution in [3.63, 3.8) is 0 Å². The van der Waals surface area contributed by atoms with E-state index < -0.39 is 12.0 Å². The molecule has 0 saturated carbocycles. The fraction of sp³-hybridized carbons (Fsp3) is 0.304. The normalized spacial score (nSPS) is 15.5. The highest BCUT2D eigenvalue weighted by Crippen LogP contribution is 2.12. The summed E-state index contributed by atoms with van der Waals surface area (Å²) in [6, 6.07) is 15.4. The van der Waals surface area contributed by atoms with Crippen molar-refractivity contribution in [1.29, 1.82) is 0 Å². The van der Waals surface area contributed by atoms with E-state index in [1.54, 1.807) is 29.2 Å². The van der Waals surface area contributed by atoms with Gasteiger partial charge < -0.3 is 19.7 Å². The Bertz CT molecular complexity index is 965. The molecule has 2 amide bonds. The average Bonchev–Trinajstić information content (AvgIpc) is 2.79. The summed E-state index contributed by atoms with van der Waals surface area (Å²) in [5.41, 5.74) is 1.48. The van der Waals surface area contributed by atoms with Gasteiger partial charge in [0.2, 0.25) is 5.91 Å². The van der Waals surface area contributed by atoms with Crippen molar-refractivity contribution >= 4 is 35.1 Å². The number of carbonyl (C=O) groups excluding carboxylic acids is 3. The summed E-state index contributed by atoms with van der Waals surface area (Å²) >= 11 is 5.36. The minimum atomic E-state index is -0.864. The molecular formula is C23H25N3O5S. The molecule has 0 radical (unpaired) electrons. The van der Waals surface area contributed by atoms with Crippen LogP contribution in [0.3, 0.4) is 0 Å². The maximum absolute atomic E-state index is 12.5. The Morgan fingerprint density at radius 3 is 2.56 bits per heavy atom. The van der Waals surface area contributed by atoms with E-state index in [4.69, 9.17) is 21.7 Å². The van der Waals surface area contributed by atoms with Crippen LogP contribution >= 0.6 is 12.2 Å². The first-order chi connectivity index (χ1) is 15.4. The molecule has 0 bridgehead atoms. The number of amides is 2. The van der Waals surface area contributed by atoms with Crippen molar-refractivity contribution in [3.05, 3.63) is 65.7 Å². The Labute approximate surface area is 191 Å². The zero-order valence-electron chi connectivity index (χ0n) is 17.7. The van der Waals surface area contributed by atoms with Gasteiger partial charge in [-0.2, -0.15) is 0 Å². The zero-order chi connectivity index (χ0) is 22.9. The minimum Gasteiger partial charge on any atom is -0.490 e. The molecule has 1 aliphatic rings. The number of nitrogens with zero attached hydrogens (tertiary/aromatic N) is 1. The van der Waals surface area contributed by atoms with Crippen LogP contribution in [-0.4, -0.2) is 60.1 Å². The second-order valence-corrected chi connectivity index (χ2v) is 7.60. The fourth-order valence-electron chi connectivity index (χ4n) is 3.16. The standard InChI is InChI=1S/C23H25N3O5S/c1-16-7-9-17(10-8-16)21(28)25-23(32)26-12-11-24-22(29)19(26)15-20(27)31-14-13-30-18-5-3-2-4-6-18/h2-10,19H,11-15H2,1H3,(H,24,29)(H,25,28,32). The smallest absolute Gasteiger partial charge is 0.308 e. The number of rotatable bonds is 7. The Kier molecular flexibility index (Phi) is 8.15. The molecule has 9 heteroatoms. The Balaban J connectivity index is 1.51. The van der Waals surface area contributed by atoms with Crippen LogP contribution < -0.4 is 15.4 Å². The third-order valence-corrected chi connectivity index (χ3v) is 5.18. The first-order valence-corrected chi connectivity index (χ1v) is 10.6. The van der Waals surface area contributed by atoms with Crippen molar-refractivity contribution in [2.45, 2.75) is 19.4 Å². The predicted octanol–water partition coefficient (Wildman–Crippen LogP) is 1.82. The quantitative estimate of drug-likeness (QED) is 0.373. The first kappa shape index (κ1) is 23.2. The molecule has 32 heavy (non-hydrogen) atoms. The Hall–Kier alpha value is -3.46. The van der Waals surface area contributed by atoms with E-state index in [2.05, 4.69) is 10.6 Å². The van der Waals surface area contributed by atoms with E-state index in [1.807, 2.05) is 37.3 Å².